The van der Waals surface area contributed by atoms with Gasteiger partial charge in [0.25, 0.3) is 0 Å². The van der Waals surface area contributed by atoms with E-state index in [0.717, 1.165) is 17.0 Å². The summed E-state index contributed by atoms with van der Waals surface area (Å²) in [5, 5.41) is 9.62. The number of aromatic nitrogens is 4. The maximum Gasteiger partial charge on any atom is 0.226 e. The molecule has 0 aliphatic rings. The van der Waals surface area contributed by atoms with E-state index in [1.807, 2.05) is 53.1 Å². The van der Waals surface area contributed by atoms with Crippen LogP contribution in [0, 0.1) is 5.82 Å². The Hall–Kier alpha value is -4.11. The van der Waals surface area contributed by atoms with E-state index in [2.05, 4.69) is 15.2 Å². The first-order valence-electron chi connectivity index (χ1n) is 10.7. The van der Waals surface area contributed by atoms with Crippen LogP contribution in [0.15, 0.2) is 88.6 Å². The number of nitrogens with zero attached hydrogens (tertiary/aromatic N) is 4. The number of benzene rings is 3. The summed E-state index contributed by atoms with van der Waals surface area (Å²) in [7, 11) is 3.26. The Kier molecular flexibility index (Phi) is 6.49. The molecule has 0 fully saturated rings. The number of ether oxygens (including phenoxy) is 2. The predicted molar refractivity (Wildman–Crippen MR) is 131 cm³/mol. The second kappa shape index (κ2) is 10.0. The van der Waals surface area contributed by atoms with Crippen molar-refractivity contribution in [1.82, 2.24) is 19.7 Å². The molecule has 3 aromatic carbocycles. The van der Waals surface area contributed by atoms with Gasteiger partial charge < -0.3 is 13.9 Å². The fourth-order valence-corrected chi connectivity index (χ4v) is 4.43. The van der Waals surface area contributed by atoms with Gasteiger partial charge in [0.2, 0.25) is 5.89 Å². The number of para-hydroxylation sites is 1. The molecular weight excluding hydrogens is 467 g/mol. The third kappa shape index (κ3) is 4.76. The van der Waals surface area contributed by atoms with Crippen molar-refractivity contribution in [2.24, 2.45) is 0 Å². The molecule has 0 aliphatic carbocycles. The summed E-state index contributed by atoms with van der Waals surface area (Å²) >= 11 is 1.47. The number of methoxy groups -OCH3 is 2. The van der Waals surface area contributed by atoms with E-state index >= 15 is 0 Å². The van der Waals surface area contributed by atoms with Crippen molar-refractivity contribution in [2.75, 3.05) is 14.2 Å². The lowest BCUT2D eigenvalue weighted by Gasteiger charge is -2.12. The van der Waals surface area contributed by atoms with E-state index in [-0.39, 0.29) is 5.82 Å². The summed E-state index contributed by atoms with van der Waals surface area (Å²) in [6.45, 7) is 0. The van der Waals surface area contributed by atoms with Gasteiger partial charge in [0.05, 0.1) is 31.2 Å². The summed E-state index contributed by atoms with van der Waals surface area (Å²) in [4.78, 5) is 4.51. The van der Waals surface area contributed by atoms with Crippen molar-refractivity contribution in [3.63, 3.8) is 0 Å². The first-order chi connectivity index (χ1) is 17.2. The molecule has 2 aromatic heterocycles. The lowest BCUT2D eigenvalue weighted by Crippen LogP contribution is -2.01. The number of oxazole rings is 1. The van der Waals surface area contributed by atoms with Crippen molar-refractivity contribution >= 4 is 11.8 Å². The number of thioether (sulfide) groups is 1. The Morgan fingerprint density at radius 2 is 1.77 bits per heavy atom. The Morgan fingerprint density at radius 1 is 0.943 bits per heavy atom. The van der Waals surface area contributed by atoms with Gasteiger partial charge in [0.15, 0.2) is 11.0 Å². The summed E-state index contributed by atoms with van der Waals surface area (Å²) < 4.78 is 32.0. The number of rotatable bonds is 8. The molecule has 0 N–H and O–H groups in total. The van der Waals surface area contributed by atoms with Crippen LogP contribution in [-0.4, -0.2) is 34.0 Å². The quantitative estimate of drug-likeness (QED) is 0.247. The Labute approximate surface area is 205 Å². The first-order valence-corrected chi connectivity index (χ1v) is 11.7. The lowest BCUT2D eigenvalue weighted by molar-refractivity contribution is 0.414. The highest BCUT2D eigenvalue weighted by atomic mass is 32.2. The van der Waals surface area contributed by atoms with Crippen molar-refractivity contribution < 1.29 is 18.3 Å². The van der Waals surface area contributed by atoms with E-state index < -0.39 is 0 Å². The van der Waals surface area contributed by atoms with Crippen molar-refractivity contribution in [3.8, 4) is 40.0 Å². The monoisotopic (exact) mass is 488 g/mol. The standard InChI is InChI=1S/C26H21FN4O3S/c1-32-21-12-10-20(11-13-21)31-24(22-8-3-4-9-23(22)33-2)29-30-26(31)35-16-19-15-34-25(28-19)17-6-5-7-18(27)14-17/h3-15H,16H2,1-2H3. The first kappa shape index (κ1) is 22.7. The second-order valence-corrected chi connectivity index (χ2v) is 8.43. The van der Waals surface area contributed by atoms with Crippen LogP contribution in [0.3, 0.4) is 0 Å². The zero-order valence-electron chi connectivity index (χ0n) is 19.0. The van der Waals surface area contributed by atoms with Crippen LogP contribution in [0.5, 0.6) is 11.5 Å². The molecule has 0 spiro atoms. The molecule has 0 unspecified atom stereocenters. The zero-order valence-corrected chi connectivity index (χ0v) is 19.8. The minimum Gasteiger partial charge on any atom is -0.497 e. The van der Waals surface area contributed by atoms with Gasteiger partial charge >= 0.3 is 0 Å². The van der Waals surface area contributed by atoms with Crippen molar-refractivity contribution in [1.29, 1.82) is 0 Å². The lowest BCUT2D eigenvalue weighted by atomic mass is 10.2. The van der Waals surface area contributed by atoms with E-state index in [9.17, 15) is 4.39 Å². The average molecular weight is 489 g/mol. The highest BCUT2D eigenvalue weighted by Gasteiger charge is 2.20. The SMILES string of the molecule is COc1ccc(-n2c(SCc3coc(-c4cccc(F)c4)n3)nnc2-c2ccccc2OC)cc1. The molecule has 0 atom stereocenters. The Morgan fingerprint density at radius 3 is 2.54 bits per heavy atom. The van der Waals surface area contributed by atoms with Gasteiger partial charge in [-0.3, -0.25) is 4.57 Å². The zero-order chi connectivity index (χ0) is 24.2. The van der Waals surface area contributed by atoms with Crippen LogP contribution in [-0.2, 0) is 5.75 Å². The molecule has 0 saturated carbocycles. The molecule has 0 saturated heterocycles. The van der Waals surface area contributed by atoms with Gasteiger partial charge in [-0.05, 0) is 54.6 Å². The Balaban J connectivity index is 1.48. The molecule has 9 heteroatoms. The third-order valence-corrected chi connectivity index (χ3v) is 6.25. The van der Waals surface area contributed by atoms with E-state index in [1.54, 1.807) is 32.6 Å². The van der Waals surface area contributed by atoms with Crippen LogP contribution < -0.4 is 9.47 Å². The van der Waals surface area contributed by atoms with Crippen LogP contribution in [0.25, 0.3) is 28.5 Å². The summed E-state index contributed by atoms with van der Waals surface area (Å²) in [6, 6.07) is 21.5. The maximum atomic E-state index is 13.6. The second-order valence-electron chi connectivity index (χ2n) is 7.48. The van der Waals surface area contributed by atoms with Gasteiger partial charge in [-0.15, -0.1) is 10.2 Å². The minimum absolute atomic E-state index is 0.340. The van der Waals surface area contributed by atoms with Crippen LogP contribution in [0.1, 0.15) is 5.69 Å². The normalized spacial score (nSPS) is 10.9. The van der Waals surface area contributed by atoms with Gasteiger partial charge in [0, 0.05) is 11.3 Å². The number of hydrogen-bond donors (Lipinski definition) is 0. The number of hydrogen-bond acceptors (Lipinski definition) is 7. The fraction of sp³-hybridized carbons (Fsp3) is 0.115. The van der Waals surface area contributed by atoms with E-state index in [1.165, 1.54) is 23.9 Å². The highest BCUT2D eigenvalue weighted by Crippen LogP contribution is 2.34. The smallest absolute Gasteiger partial charge is 0.226 e. The van der Waals surface area contributed by atoms with E-state index in [4.69, 9.17) is 13.9 Å². The molecule has 0 radical (unpaired) electrons. The Bertz CT molecular complexity index is 1450. The molecule has 35 heavy (non-hydrogen) atoms. The topological polar surface area (TPSA) is 75.2 Å². The minimum atomic E-state index is -0.340. The number of halogens is 1. The van der Waals surface area contributed by atoms with Gasteiger partial charge in [-0.2, -0.15) is 0 Å². The van der Waals surface area contributed by atoms with E-state index in [0.29, 0.717) is 39.6 Å². The van der Waals surface area contributed by atoms with Crippen LogP contribution in [0.2, 0.25) is 0 Å². The largest absolute Gasteiger partial charge is 0.497 e. The summed E-state index contributed by atoms with van der Waals surface area (Å²) in [6.07, 6.45) is 1.57. The predicted octanol–water partition coefficient (Wildman–Crippen LogP) is 6.04. The highest BCUT2D eigenvalue weighted by molar-refractivity contribution is 7.98. The van der Waals surface area contributed by atoms with Crippen molar-refractivity contribution in [2.45, 2.75) is 10.9 Å². The molecule has 5 rings (SSSR count). The maximum absolute atomic E-state index is 13.6. The summed E-state index contributed by atoms with van der Waals surface area (Å²) in [5.74, 6) is 2.61. The molecular formula is C26H21FN4O3S. The van der Waals surface area contributed by atoms with Crippen LogP contribution in [0.4, 0.5) is 4.39 Å². The molecule has 0 bridgehead atoms. The van der Waals surface area contributed by atoms with Crippen molar-refractivity contribution in [3.05, 3.63) is 90.6 Å². The average Bonchev–Trinajstić information content (AvgIpc) is 3.55. The third-order valence-electron chi connectivity index (χ3n) is 5.28. The molecule has 2 heterocycles. The molecule has 5 aromatic rings. The van der Waals surface area contributed by atoms with Gasteiger partial charge in [-0.1, -0.05) is 30.0 Å². The van der Waals surface area contributed by atoms with Gasteiger partial charge in [0.1, 0.15) is 23.6 Å². The molecule has 0 amide bonds. The fourth-order valence-electron chi connectivity index (χ4n) is 3.60. The molecule has 7 nitrogen and oxygen atoms in total. The van der Waals surface area contributed by atoms with Gasteiger partial charge in [-0.25, -0.2) is 9.37 Å². The summed E-state index contributed by atoms with van der Waals surface area (Å²) in [5.41, 5.74) is 2.98. The molecule has 0 aliphatic heterocycles. The van der Waals surface area contributed by atoms with Crippen LogP contribution >= 0.6 is 11.8 Å². The molecule has 176 valence electrons.